The van der Waals surface area contributed by atoms with Gasteiger partial charge in [-0.15, -0.1) is 0 Å². The van der Waals surface area contributed by atoms with Gasteiger partial charge in [0.25, 0.3) is 0 Å². The molecular formula is C14H12ClNO. The largest absolute Gasteiger partial charge is 0.369 e. The summed E-state index contributed by atoms with van der Waals surface area (Å²) in [7, 11) is 0. The van der Waals surface area contributed by atoms with Crippen molar-refractivity contribution in [1.29, 1.82) is 0 Å². The molecule has 0 atom stereocenters. The molecule has 17 heavy (non-hydrogen) atoms. The van der Waals surface area contributed by atoms with Gasteiger partial charge in [0.05, 0.1) is 6.42 Å². The first-order valence-corrected chi connectivity index (χ1v) is 5.67. The lowest BCUT2D eigenvalue weighted by atomic mass is 9.97. The Hall–Kier alpha value is -1.80. The zero-order valence-electron chi connectivity index (χ0n) is 9.19. The summed E-state index contributed by atoms with van der Waals surface area (Å²) in [4.78, 5) is 11.0. The monoisotopic (exact) mass is 245 g/mol. The molecule has 0 aromatic heterocycles. The van der Waals surface area contributed by atoms with Gasteiger partial charge in [0, 0.05) is 5.02 Å². The zero-order chi connectivity index (χ0) is 12.3. The van der Waals surface area contributed by atoms with Crippen LogP contribution in [0.15, 0.2) is 48.5 Å². The molecule has 86 valence electrons. The first kappa shape index (κ1) is 11.7. The Kier molecular flexibility index (Phi) is 3.45. The van der Waals surface area contributed by atoms with Gasteiger partial charge in [-0.1, -0.05) is 48.0 Å². The van der Waals surface area contributed by atoms with Crippen LogP contribution in [-0.4, -0.2) is 5.91 Å². The SMILES string of the molecule is NC(=O)Cc1ccc(Cl)cc1-c1ccccc1. The normalized spacial score (nSPS) is 10.2. The van der Waals surface area contributed by atoms with Crippen LogP contribution >= 0.6 is 11.6 Å². The summed E-state index contributed by atoms with van der Waals surface area (Å²) in [5.41, 5.74) is 8.12. The van der Waals surface area contributed by atoms with Crippen molar-refractivity contribution in [3.63, 3.8) is 0 Å². The fourth-order valence-corrected chi connectivity index (χ4v) is 1.95. The lowest BCUT2D eigenvalue weighted by molar-refractivity contribution is -0.117. The van der Waals surface area contributed by atoms with E-state index in [1.54, 1.807) is 6.07 Å². The Morgan fingerprint density at radius 2 is 1.82 bits per heavy atom. The van der Waals surface area contributed by atoms with E-state index in [1.807, 2.05) is 42.5 Å². The molecule has 0 bridgehead atoms. The summed E-state index contributed by atoms with van der Waals surface area (Å²) >= 11 is 5.99. The number of carbonyl (C=O) groups excluding carboxylic acids is 1. The predicted octanol–water partition coefficient (Wildman–Crippen LogP) is 3.03. The highest BCUT2D eigenvalue weighted by Crippen LogP contribution is 2.27. The van der Waals surface area contributed by atoms with Crippen molar-refractivity contribution in [1.82, 2.24) is 0 Å². The van der Waals surface area contributed by atoms with Crippen LogP contribution in [0.2, 0.25) is 5.02 Å². The minimum absolute atomic E-state index is 0.224. The molecule has 1 amide bonds. The summed E-state index contributed by atoms with van der Waals surface area (Å²) in [5, 5.41) is 0.650. The smallest absolute Gasteiger partial charge is 0.221 e. The minimum Gasteiger partial charge on any atom is -0.369 e. The van der Waals surface area contributed by atoms with Crippen LogP contribution in [-0.2, 0) is 11.2 Å². The van der Waals surface area contributed by atoms with Crippen molar-refractivity contribution in [3.8, 4) is 11.1 Å². The summed E-state index contributed by atoms with van der Waals surface area (Å²) in [6.45, 7) is 0. The summed E-state index contributed by atoms with van der Waals surface area (Å²) in [6, 6.07) is 15.3. The lowest BCUT2D eigenvalue weighted by Gasteiger charge is -2.09. The number of hydrogen-bond donors (Lipinski definition) is 1. The molecule has 0 fully saturated rings. The number of amides is 1. The highest BCUT2D eigenvalue weighted by molar-refractivity contribution is 6.30. The van der Waals surface area contributed by atoms with Gasteiger partial charge in [0.15, 0.2) is 0 Å². The number of carbonyl (C=O) groups is 1. The molecule has 2 rings (SSSR count). The molecule has 2 aromatic rings. The van der Waals surface area contributed by atoms with Gasteiger partial charge in [-0.05, 0) is 28.8 Å². The van der Waals surface area contributed by atoms with E-state index in [2.05, 4.69) is 0 Å². The average Bonchev–Trinajstić information content (AvgIpc) is 2.32. The molecule has 0 unspecified atom stereocenters. The first-order valence-electron chi connectivity index (χ1n) is 5.29. The van der Waals surface area contributed by atoms with Crippen molar-refractivity contribution in [2.24, 2.45) is 5.73 Å². The van der Waals surface area contributed by atoms with Gasteiger partial charge in [-0.25, -0.2) is 0 Å². The number of halogens is 1. The Morgan fingerprint density at radius 1 is 1.12 bits per heavy atom. The van der Waals surface area contributed by atoms with Crippen LogP contribution in [0.1, 0.15) is 5.56 Å². The van der Waals surface area contributed by atoms with Crippen molar-refractivity contribution >= 4 is 17.5 Å². The highest BCUT2D eigenvalue weighted by atomic mass is 35.5. The van der Waals surface area contributed by atoms with Crippen molar-refractivity contribution in [2.45, 2.75) is 6.42 Å². The standard InChI is InChI=1S/C14H12ClNO/c15-12-7-6-11(8-14(16)17)13(9-12)10-4-2-1-3-5-10/h1-7,9H,8H2,(H2,16,17). The van der Waals surface area contributed by atoms with Crippen LogP contribution in [0.25, 0.3) is 11.1 Å². The molecule has 0 saturated carbocycles. The van der Waals surface area contributed by atoms with Crippen LogP contribution in [0.4, 0.5) is 0 Å². The molecule has 0 spiro atoms. The van der Waals surface area contributed by atoms with E-state index < -0.39 is 0 Å². The molecule has 2 nitrogen and oxygen atoms in total. The van der Waals surface area contributed by atoms with E-state index in [0.29, 0.717) is 5.02 Å². The quantitative estimate of drug-likeness (QED) is 0.888. The highest BCUT2D eigenvalue weighted by Gasteiger charge is 2.08. The first-order chi connectivity index (χ1) is 8.16. The van der Waals surface area contributed by atoms with Gasteiger partial charge in [0.1, 0.15) is 0 Å². The van der Waals surface area contributed by atoms with Crippen LogP contribution in [0, 0.1) is 0 Å². The number of rotatable bonds is 3. The van der Waals surface area contributed by atoms with E-state index in [-0.39, 0.29) is 12.3 Å². The summed E-state index contributed by atoms with van der Waals surface area (Å²) < 4.78 is 0. The Labute approximate surface area is 105 Å². The van der Waals surface area contributed by atoms with Gasteiger partial charge in [-0.2, -0.15) is 0 Å². The third-order valence-corrected chi connectivity index (χ3v) is 2.76. The van der Waals surface area contributed by atoms with E-state index in [0.717, 1.165) is 16.7 Å². The molecular weight excluding hydrogens is 234 g/mol. The Morgan fingerprint density at radius 3 is 2.47 bits per heavy atom. The lowest BCUT2D eigenvalue weighted by Crippen LogP contribution is -2.14. The topological polar surface area (TPSA) is 43.1 Å². The second kappa shape index (κ2) is 5.02. The fraction of sp³-hybridized carbons (Fsp3) is 0.0714. The maximum Gasteiger partial charge on any atom is 0.221 e. The van der Waals surface area contributed by atoms with E-state index in [9.17, 15) is 4.79 Å². The van der Waals surface area contributed by atoms with Crippen molar-refractivity contribution < 1.29 is 4.79 Å². The molecule has 0 aliphatic rings. The average molecular weight is 246 g/mol. The number of hydrogen-bond acceptors (Lipinski definition) is 1. The molecule has 3 heteroatoms. The molecule has 0 saturated heterocycles. The van der Waals surface area contributed by atoms with Gasteiger partial charge >= 0.3 is 0 Å². The number of nitrogens with two attached hydrogens (primary N) is 1. The van der Waals surface area contributed by atoms with Gasteiger partial charge < -0.3 is 5.73 Å². The minimum atomic E-state index is -0.343. The van der Waals surface area contributed by atoms with E-state index >= 15 is 0 Å². The van der Waals surface area contributed by atoms with Crippen LogP contribution in [0.3, 0.4) is 0 Å². The van der Waals surface area contributed by atoms with Gasteiger partial charge in [0.2, 0.25) is 5.91 Å². The molecule has 2 N–H and O–H groups in total. The maximum absolute atomic E-state index is 11.0. The Balaban J connectivity index is 2.51. The summed E-state index contributed by atoms with van der Waals surface area (Å²) in [6.07, 6.45) is 0.224. The van der Waals surface area contributed by atoms with Crippen molar-refractivity contribution in [3.05, 3.63) is 59.1 Å². The second-order valence-electron chi connectivity index (χ2n) is 3.81. The molecule has 0 aliphatic heterocycles. The number of benzene rings is 2. The molecule has 0 radical (unpaired) electrons. The van der Waals surface area contributed by atoms with E-state index in [1.165, 1.54) is 0 Å². The van der Waals surface area contributed by atoms with Crippen LogP contribution in [0.5, 0.6) is 0 Å². The third-order valence-electron chi connectivity index (χ3n) is 2.52. The van der Waals surface area contributed by atoms with Crippen molar-refractivity contribution in [2.75, 3.05) is 0 Å². The number of primary amides is 1. The zero-order valence-corrected chi connectivity index (χ0v) is 9.95. The summed E-state index contributed by atoms with van der Waals surface area (Å²) in [5.74, 6) is -0.343. The maximum atomic E-state index is 11.0. The Bertz CT molecular complexity index is 537. The second-order valence-corrected chi connectivity index (χ2v) is 4.25. The van der Waals surface area contributed by atoms with Gasteiger partial charge in [-0.3, -0.25) is 4.79 Å². The molecule has 0 aliphatic carbocycles. The predicted molar refractivity (Wildman–Crippen MR) is 69.8 cm³/mol. The molecule has 2 aromatic carbocycles. The van der Waals surface area contributed by atoms with Crippen LogP contribution < -0.4 is 5.73 Å². The van der Waals surface area contributed by atoms with E-state index in [4.69, 9.17) is 17.3 Å². The fourth-order valence-electron chi connectivity index (χ4n) is 1.78. The molecule has 0 heterocycles. The third kappa shape index (κ3) is 2.86.